The maximum absolute atomic E-state index is 12.6. The number of piperidine rings is 1. The molecule has 1 spiro atoms. The lowest BCUT2D eigenvalue weighted by molar-refractivity contribution is -0.0108. The number of carbonyl (C=O) groups is 1. The third-order valence-electron chi connectivity index (χ3n) is 5.06. The highest BCUT2D eigenvalue weighted by Gasteiger charge is 2.40. The fourth-order valence-corrected chi connectivity index (χ4v) is 3.82. The third-order valence-corrected chi connectivity index (χ3v) is 5.53. The van der Waals surface area contributed by atoms with Crippen molar-refractivity contribution in [2.45, 2.75) is 31.3 Å². The van der Waals surface area contributed by atoms with Crippen LogP contribution in [0.1, 0.15) is 35.3 Å². The first-order valence-electron chi connectivity index (χ1n) is 8.33. The van der Waals surface area contributed by atoms with Gasteiger partial charge in [0.1, 0.15) is 17.0 Å². The first-order chi connectivity index (χ1) is 11.7. The van der Waals surface area contributed by atoms with Gasteiger partial charge >= 0.3 is 0 Å². The largest absolute Gasteiger partial charge is 0.487 e. The van der Waals surface area contributed by atoms with Gasteiger partial charge in [0.25, 0.3) is 5.91 Å². The van der Waals surface area contributed by atoms with Crippen molar-refractivity contribution < 1.29 is 9.53 Å². The van der Waals surface area contributed by atoms with E-state index in [0.717, 1.165) is 49.0 Å². The van der Waals surface area contributed by atoms with Crippen LogP contribution in [0.4, 0.5) is 0 Å². The minimum absolute atomic E-state index is 0.00793. The highest BCUT2D eigenvalue weighted by Crippen LogP contribution is 2.39. The van der Waals surface area contributed by atoms with Crippen LogP contribution in [0.5, 0.6) is 5.75 Å². The van der Waals surface area contributed by atoms with Crippen molar-refractivity contribution in [1.82, 2.24) is 9.88 Å². The fourth-order valence-electron chi connectivity index (χ4n) is 3.59. The van der Waals surface area contributed by atoms with E-state index in [0.29, 0.717) is 5.69 Å². The molecule has 2 aliphatic heterocycles. The monoisotopic (exact) mass is 386 g/mol. The van der Waals surface area contributed by atoms with Crippen molar-refractivity contribution in [1.29, 1.82) is 0 Å². The smallest absolute Gasteiger partial charge is 0.272 e. The number of amides is 1. The average molecular weight is 387 g/mol. The molecule has 0 aliphatic carbocycles. The summed E-state index contributed by atoms with van der Waals surface area (Å²) in [5, 5.41) is 0. The van der Waals surface area contributed by atoms with Gasteiger partial charge in [0.2, 0.25) is 0 Å². The van der Waals surface area contributed by atoms with Crippen LogP contribution in [0, 0.1) is 0 Å². The van der Waals surface area contributed by atoms with Crippen LogP contribution in [0.3, 0.4) is 0 Å². The lowest BCUT2D eigenvalue weighted by Crippen LogP contribution is -2.51. The highest BCUT2D eigenvalue weighted by molar-refractivity contribution is 9.10. The van der Waals surface area contributed by atoms with Crippen molar-refractivity contribution in [3.63, 3.8) is 0 Å². The van der Waals surface area contributed by atoms with E-state index in [1.165, 1.54) is 5.56 Å². The molecule has 124 valence electrons. The van der Waals surface area contributed by atoms with E-state index in [4.69, 9.17) is 4.74 Å². The number of para-hydroxylation sites is 1. The van der Waals surface area contributed by atoms with Gasteiger partial charge in [-0.2, -0.15) is 0 Å². The Hall–Kier alpha value is -1.88. The fraction of sp³-hybridized carbons (Fsp3) is 0.368. The van der Waals surface area contributed by atoms with Gasteiger partial charge in [0.05, 0.1) is 0 Å². The van der Waals surface area contributed by atoms with E-state index in [9.17, 15) is 4.79 Å². The molecule has 4 nitrogen and oxygen atoms in total. The van der Waals surface area contributed by atoms with Crippen LogP contribution < -0.4 is 4.74 Å². The molecule has 1 aromatic carbocycles. The topological polar surface area (TPSA) is 42.4 Å². The summed E-state index contributed by atoms with van der Waals surface area (Å²) in [6, 6.07) is 11.9. The van der Waals surface area contributed by atoms with Crippen molar-refractivity contribution in [2.24, 2.45) is 0 Å². The Morgan fingerprint density at radius 2 is 1.92 bits per heavy atom. The van der Waals surface area contributed by atoms with E-state index < -0.39 is 0 Å². The summed E-state index contributed by atoms with van der Waals surface area (Å²) in [6.07, 6.45) is 5.51. The minimum atomic E-state index is -0.113. The number of halogens is 1. The summed E-state index contributed by atoms with van der Waals surface area (Å²) in [4.78, 5) is 18.7. The predicted molar refractivity (Wildman–Crippen MR) is 95.2 cm³/mol. The Labute approximate surface area is 150 Å². The van der Waals surface area contributed by atoms with Crippen LogP contribution in [0.15, 0.2) is 47.1 Å². The second kappa shape index (κ2) is 6.20. The van der Waals surface area contributed by atoms with Gasteiger partial charge < -0.3 is 9.64 Å². The van der Waals surface area contributed by atoms with E-state index in [2.05, 4.69) is 39.1 Å². The third kappa shape index (κ3) is 2.93. The SMILES string of the molecule is O=C(c1ccc(Br)cn1)N1CCC2(CCc3ccccc3O2)CC1. The molecule has 2 aliphatic rings. The normalized spacial score (nSPS) is 18.8. The van der Waals surface area contributed by atoms with Crippen molar-refractivity contribution in [2.75, 3.05) is 13.1 Å². The van der Waals surface area contributed by atoms with E-state index in [-0.39, 0.29) is 11.5 Å². The number of aromatic nitrogens is 1. The summed E-state index contributed by atoms with van der Waals surface area (Å²) < 4.78 is 7.23. The summed E-state index contributed by atoms with van der Waals surface area (Å²) >= 11 is 3.35. The molecule has 1 saturated heterocycles. The molecular formula is C19H19BrN2O2. The second-order valence-electron chi connectivity index (χ2n) is 6.55. The molecule has 0 atom stereocenters. The molecule has 0 bridgehead atoms. The number of ether oxygens (including phenoxy) is 1. The van der Waals surface area contributed by atoms with Gasteiger partial charge in [-0.05, 0) is 52.5 Å². The molecule has 2 aromatic rings. The van der Waals surface area contributed by atoms with Gasteiger partial charge in [-0.3, -0.25) is 4.79 Å². The van der Waals surface area contributed by atoms with Gasteiger partial charge in [-0.15, -0.1) is 0 Å². The molecule has 0 radical (unpaired) electrons. The minimum Gasteiger partial charge on any atom is -0.487 e. The molecule has 0 unspecified atom stereocenters. The molecule has 1 amide bonds. The Morgan fingerprint density at radius 3 is 2.67 bits per heavy atom. The van der Waals surface area contributed by atoms with E-state index in [1.54, 1.807) is 12.3 Å². The van der Waals surface area contributed by atoms with Gasteiger partial charge in [-0.25, -0.2) is 4.98 Å². The molecular weight excluding hydrogens is 368 g/mol. The molecule has 5 heteroatoms. The lowest BCUT2D eigenvalue weighted by Gasteiger charge is -2.44. The van der Waals surface area contributed by atoms with Gasteiger partial charge in [-0.1, -0.05) is 18.2 Å². The number of nitrogens with zero attached hydrogens (tertiary/aromatic N) is 2. The number of rotatable bonds is 1. The molecule has 1 fully saturated rings. The Bertz CT molecular complexity index is 752. The zero-order valence-electron chi connectivity index (χ0n) is 13.4. The Kier molecular flexibility index (Phi) is 4.04. The maximum Gasteiger partial charge on any atom is 0.272 e. The van der Waals surface area contributed by atoms with Crippen LogP contribution in [0.2, 0.25) is 0 Å². The number of hydrogen-bond donors (Lipinski definition) is 0. The summed E-state index contributed by atoms with van der Waals surface area (Å²) in [6.45, 7) is 1.44. The number of fused-ring (bicyclic) bond motifs is 1. The zero-order chi connectivity index (χ0) is 16.6. The van der Waals surface area contributed by atoms with Crippen LogP contribution in [-0.4, -0.2) is 34.5 Å². The number of carbonyl (C=O) groups excluding carboxylic acids is 1. The summed E-state index contributed by atoms with van der Waals surface area (Å²) in [5.41, 5.74) is 1.68. The standard InChI is InChI=1S/C19H19BrN2O2/c20-15-5-6-16(21-13-15)18(23)22-11-9-19(10-12-22)8-7-14-3-1-2-4-17(14)24-19/h1-6,13H,7-12H2. The number of pyridine rings is 1. The zero-order valence-corrected chi connectivity index (χ0v) is 15.0. The average Bonchev–Trinajstić information content (AvgIpc) is 2.62. The molecule has 24 heavy (non-hydrogen) atoms. The van der Waals surface area contributed by atoms with E-state index in [1.807, 2.05) is 17.0 Å². The number of benzene rings is 1. The number of likely N-dealkylation sites (tertiary alicyclic amines) is 1. The molecule has 0 N–H and O–H groups in total. The number of hydrogen-bond acceptors (Lipinski definition) is 3. The van der Waals surface area contributed by atoms with Crippen LogP contribution in [0.25, 0.3) is 0 Å². The Balaban J connectivity index is 1.44. The quantitative estimate of drug-likeness (QED) is 0.747. The van der Waals surface area contributed by atoms with Gasteiger partial charge in [0, 0.05) is 36.6 Å². The summed E-state index contributed by atoms with van der Waals surface area (Å²) in [5.74, 6) is 1.02. The maximum atomic E-state index is 12.6. The molecule has 3 heterocycles. The van der Waals surface area contributed by atoms with Crippen molar-refractivity contribution in [3.8, 4) is 5.75 Å². The first-order valence-corrected chi connectivity index (χ1v) is 9.12. The summed E-state index contributed by atoms with van der Waals surface area (Å²) in [7, 11) is 0. The van der Waals surface area contributed by atoms with Crippen LogP contribution >= 0.6 is 15.9 Å². The predicted octanol–water partition coefficient (Wildman–Crippen LogP) is 3.84. The van der Waals surface area contributed by atoms with Crippen molar-refractivity contribution in [3.05, 3.63) is 58.3 Å². The molecule has 4 rings (SSSR count). The molecule has 1 aromatic heterocycles. The highest BCUT2D eigenvalue weighted by atomic mass is 79.9. The second-order valence-corrected chi connectivity index (χ2v) is 7.46. The van der Waals surface area contributed by atoms with Crippen LogP contribution in [-0.2, 0) is 6.42 Å². The van der Waals surface area contributed by atoms with E-state index >= 15 is 0 Å². The molecule has 0 saturated carbocycles. The van der Waals surface area contributed by atoms with Crippen molar-refractivity contribution >= 4 is 21.8 Å². The van der Waals surface area contributed by atoms with Gasteiger partial charge in [0.15, 0.2) is 0 Å². The lowest BCUT2D eigenvalue weighted by atomic mass is 9.83. The number of aryl methyl sites for hydroxylation is 1. The first kappa shape index (κ1) is 15.6. The Morgan fingerprint density at radius 1 is 1.12 bits per heavy atom.